The molecule has 0 fully saturated rings. The Morgan fingerprint density at radius 2 is 1.10 bits per heavy atom. The van der Waals surface area contributed by atoms with E-state index in [1.54, 1.807) is 12.1 Å². The summed E-state index contributed by atoms with van der Waals surface area (Å²) in [7, 11) is 0. The van der Waals surface area contributed by atoms with Crippen molar-refractivity contribution >= 4 is 17.8 Å². The van der Waals surface area contributed by atoms with Crippen LogP contribution in [0.4, 0.5) is 4.39 Å². The van der Waals surface area contributed by atoms with Gasteiger partial charge in [0.15, 0.2) is 0 Å². The molecule has 0 spiro atoms. The molecule has 0 aliphatic rings. The summed E-state index contributed by atoms with van der Waals surface area (Å²) >= 11 is 0. The highest BCUT2D eigenvalue weighted by Gasteiger charge is 2.16. The van der Waals surface area contributed by atoms with Crippen molar-refractivity contribution in [1.29, 1.82) is 0 Å². The molecule has 3 aromatic carbocycles. The van der Waals surface area contributed by atoms with Crippen molar-refractivity contribution in [1.82, 2.24) is 0 Å². The Bertz CT molecular complexity index is 708. The van der Waals surface area contributed by atoms with Crippen LogP contribution in [0.3, 0.4) is 0 Å². The number of halogens is 1. The van der Waals surface area contributed by atoms with E-state index in [1.807, 2.05) is 54.6 Å². The summed E-state index contributed by atoms with van der Waals surface area (Å²) in [5.74, 6) is -0.301. The third-order valence-electron chi connectivity index (χ3n) is 3.52. The van der Waals surface area contributed by atoms with E-state index in [9.17, 15) is 9.41 Å². The maximum absolute atomic E-state index is 12.9. The van der Waals surface area contributed by atoms with E-state index in [4.69, 9.17) is 0 Å². The van der Waals surface area contributed by atoms with E-state index < -0.39 is 6.92 Å². The third-order valence-corrected chi connectivity index (χ3v) is 3.52. The van der Waals surface area contributed by atoms with E-state index in [0.29, 0.717) is 5.46 Å². The lowest BCUT2D eigenvalue weighted by Gasteiger charge is -2.08. The van der Waals surface area contributed by atoms with Crippen LogP contribution in [0.15, 0.2) is 78.9 Å². The van der Waals surface area contributed by atoms with Crippen LogP contribution in [0, 0.1) is 5.82 Å². The normalized spacial score (nSPS) is 10.4. The Kier molecular flexibility index (Phi) is 3.84. The lowest BCUT2D eigenvalue weighted by Crippen LogP contribution is -2.42. The summed E-state index contributed by atoms with van der Waals surface area (Å²) in [6.07, 6.45) is 0. The maximum Gasteiger partial charge on any atom is 0.358 e. The number of benzene rings is 3. The Hall–Kier alpha value is -2.39. The molecular weight excluding hydrogens is 262 g/mol. The van der Waals surface area contributed by atoms with Gasteiger partial charge in [0.1, 0.15) is 5.82 Å². The molecule has 3 aromatic rings. The summed E-state index contributed by atoms with van der Waals surface area (Å²) in [4.78, 5) is 0. The fourth-order valence-corrected chi connectivity index (χ4v) is 2.33. The van der Waals surface area contributed by atoms with Crippen molar-refractivity contribution < 1.29 is 9.41 Å². The first-order chi connectivity index (χ1) is 10.2. The van der Waals surface area contributed by atoms with Gasteiger partial charge >= 0.3 is 6.92 Å². The molecule has 21 heavy (non-hydrogen) atoms. The van der Waals surface area contributed by atoms with Crippen molar-refractivity contribution in [3.8, 4) is 11.1 Å². The summed E-state index contributed by atoms with van der Waals surface area (Å²) in [6, 6.07) is 23.8. The van der Waals surface area contributed by atoms with Gasteiger partial charge in [-0.3, -0.25) is 0 Å². The van der Waals surface area contributed by atoms with Crippen LogP contribution in [0.1, 0.15) is 0 Å². The van der Waals surface area contributed by atoms with Gasteiger partial charge in [-0.2, -0.15) is 0 Å². The molecule has 0 saturated carbocycles. The molecule has 0 bridgehead atoms. The minimum Gasteiger partial charge on any atom is -0.443 e. The SMILES string of the molecule is OB(c1ccc(F)cc1)c1ccc(-c2ccccc2)cc1. The van der Waals surface area contributed by atoms with E-state index in [1.165, 1.54) is 12.1 Å². The highest BCUT2D eigenvalue weighted by atomic mass is 19.1. The molecule has 0 saturated heterocycles. The van der Waals surface area contributed by atoms with Crippen LogP contribution in [-0.2, 0) is 0 Å². The standard InChI is InChI=1S/C18H14BFO/c20-18-12-10-17(11-13-18)19(21)16-8-6-15(7-9-16)14-4-2-1-3-5-14/h1-13,21H. The number of hydrogen-bond acceptors (Lipinski definition) is 1. The van der Waals surface area contributed by atoms with Crippen LogP contribution in [0.2, 0.25) is 0 Å². The van der Waals surface area contributed by atoms with Crippen LogP contribution >= 0.6 is 0 Å². The van der Waals surface area contributed by atoms with Crippen LogP contribution < -0.4 is 10.9 Å². The molecule has 102 valence electrons. The van der Waals surface area contributed by atoms with Gasteiger partial charge < -0.3 is 5.02 Å². The molecule has 3 heteroatoms. The molecular formula is C18H14BFO. The summed E-state index contributed by atoms with van der Waals surface area (Å²) < 4.78 is 12.9. The van der Waals surface area contributed by atoms with Gasteiger partial charge in [0.05, 0.1) is 0 Å². The van der Waals surface area contributed by atoms with Gasteiger partial charge in [-0.25, -0.2) is 4.39 Å². The zero-order valence-corrected chi connectivity index (χ0v) is 11.4. The Labute approximate surface area is 123 Å². The van der Waals surface area contributed by atoms with Gasteiger partial charge in [-0.1, -0.05) is 66.7 Å². The van der Waals surface area contributed by atoms with Crippen molar-refractivity contribution in [3.63, 3.8) is 0 Å². The van der Waals surface area contributed by atoms with Crippen LogP contribution in [0.25, 0.3) is 11.1 Å². The topological polar surface area (TPSA) is 20.2 Å². The average molecular weight is 276 g/mol. The molecule has 0 aliphatic carbocycles. The highest BCUT2D eigenvalue weighted by Crippen LogP contribution is 2.17. The van der Waals surface area contributed by atoms with Gasteiger partial charge in [0, 0.05) is 0 Å². The largest absolute Gasteiger partial charge is 0.443 e. The zero-order chi connectivity index (χ0) is 14.7. The predicted molar refractivity (Wildman–Crippen MR) is 85.5 cm³/mol. The van der Waals surface area contributed by atoms with Crippen molar-refractivity contribution in [2.75, 3.05) is 0 Å². The molecule has 0 amide bonds. The molecule has 0 aromatic heterocycles. The molecule has 0 unspecified atom stereocenters. The highest BCUT2D eigenvalue weighted by molar-refractivity contribution is 6.78. The zero-order valence-electron chi connectivity index (χ0n) is 11.4. The monoisotopic (exact) mass is 276 g/mol. The van der Waals surface area contributed by atoms with E-state index in [2.05, 4.69) is 0 Å². The van der Waals surface area contributed by atoms with Crippen molar-refractivity contribution in [2.24, 2.45) is 0 Å². The second-order valence-electron chi connectivity index (χ2n) is 4.94. The van der Waals surface area contributed by atoms with E-state index >= 15 is 0 Å². The van der Waals surface area contributed by atoms with E-state index in [0.717, 1.165) is 16.6 Å². The molecule has 0 atom stereocenters. The number of rotatable bonds is 3. The molecule has 1 nitrogen and oxygen atoms in total. The summed E-state index contributed by atoms with van der Waals surface area (Å²) in [5.41, 5.74) is 3.72. The molecule has 0 heterocycles. The fourth-order valence-electron chi connectivity index (χ4n) is 2.33. The minimum atomic E-state index is -0.740. The van der Waals surface area contributed by atoms with Crippen LogP contribution in [-0.4, -0.2) is 11.9 Å². The molecule has 1 N–H and O–H groups in total. The first-order valence-corrected chi connectivity index (χ1v) is 6.83. The Morgan fingerprint density at radius 3 is 1.67 bits per heavy atom. The lowest BCUT2D eigenvalue weighted by atomic mass is 9.56. The fraction of sp³-hybridized carbons (Fsp3) is 0. The number of hydrogen-bond donors (Lipinski definition) is 1. The second kappa shape index (κ2) is 5.94. The smallest absolute Gasteiger partial charge is 0.358 e. The Balaban J connectivity index is 1.85. The third kappa shape index (κ3) is 3.04. The predicted octanol–water partition coefficient (Wildman–Crippen LogP) is 2.59. The van der Waals surface area contributed by atoms with E-state index in [-0.39, 0.29) is 5.82 Å². The Morgan fingerprint density at radius 1 is 0.619 bits per heavy atom. The summed E-state index contributed by atoms with van der Waals surface area (Å²) in [5, 5.41) is 10.3. The molecule has 3 rings (SSSR count). The summed E-state index contributed by atoms with van der Waals surface area (Å²) in [6.45, 7) is -0.740. The maximum atomic E-state index is 12.9. The lowest BCUT2D eigenvalue weighted by molar-refractivity contribution is 0.599. The second-order valence-corrected chi connectivity index (χ2v) is 4.94. The van der Waals surface area contributed by atoms with Gasteiger partial charge in [0.25, 0.3) is 0 Å². The molecule has 0 radical (unpaired) electrons. The molecule has 0 aliphatic heterocycles. The first-order valence-electron chi connectivity index (χ1n) is 6.83. The van der Waals surface area contributed by atoms with Gasteiger partial charge in [-0.05, 0) is 34.2 Å². The van der Waals surface area contributed by atoms with Crippen molar-refractivity contribution in [2.45, 2.75) is 0 Å². The average Bonchev–Trinajstić information content (AvgIpc) is 2.56. The minimum absolute atomic E-state index is 0.301. The quantitative estimate of drug-likeness (QED) is 0.729. The van der Waals surface area contributed by atoms with Crippen molar-refractivity contribution in [3.05, 3.63) is 84.7 Å². The van der Waals surface area contributed by atoms with Gasteiger partial charge in [-0.15, -0.1) is 0 Å². The first kappa shape index (κ1) is 13.6. The van der Waals surface area contributed by atoms with Crippen LogP contribution in [0.5, 0.6) is 0 Å². The van der Waals surface area contributed by atoms with Gasteiger partial charge in [0.2, 0.25) is 0 Å².